The number of nitrogens with zero attached hydrogens (tertiary/aromatic N) is 1. The molecule has 2 N–H and O–H groups in total. The van der Waals surface area contributed by atoms with Crippen LogP contribution in [-0.2, 0) is 0 Å². The first-order valence-electron chi connectivity index (χ1n) is 7.18. The van der Waals surface area contributed by atoms with Gasteiger partial charge >= 0.3 is 0 Å². The summed E-state index contributed by atoms with van der Waals surface area (Å²) < 4.78 is 5.20. The monoisotopic (exact) mass is 276 g/mol. The summed E-state index contributed by atoms with van der Waals surface area (Å²) in [4.78, 5) is 14.7. The van der Waals surface area contributed by atoms with E-state index >= 15 is 0 Å². The van der Waals surface area contributed by atoms with Crippen LogP contribution in [0.25, 0.3) is 0 Å². The van der Waals surface area contributed by atoms with Crippen molar-refractivity contribution in [3.8, 4) is 5.75 Å². The molecule has 0 bridgehead atoms. The Bertz CT molecular complexity index is 501. The van der Waals surface area contributed by atoms with E-state index in [0.29, 0.717) is 28.8 Å². The predicted octanol–water partition coefficient (Wildman–Crippen LogP) is 2.78. The van der Waals surface area contributed by atoms with E-state index in [9.17, 15) is 4.79 Å². The minimum absolute atomic E-state index is 0.0641. The maximum Gasteiger partial charge on any atom is 0.254 e. The molecule has 20 heavy (non-hydrogen) atoms. The van der Waals surface area contributed by atoms with Crippen molar-refractivity contribution in [2.75, 3.05) is 19.4 Å². The van der Waals surface area contributed by atoms with Crippen LogP contribution in [-0.4, -0.2) is 30.5 Å². The predicted molar refractivity (Wildman–Crippen MR) is 80.8 cm³/mol. The minimum atomic E-state index is 0.0641. The van der Waals surface area contributed by atoms with Gasteiger partial charge < -0.3 is 15.4 Å². The SMILES string of the molecule is COc1cc(C(=O)N2CC(C)CC(C)C2C)ccc1N. The zero-order valence-corrected chi connectivity index (χ0v) is 12.7. The van der Waals surface area contributed by atoms with Crippen LogP contribution in [0, 0.1) is 11.8 Å². The van der Waals surface area contributed by atoms with Gasteiger partial charge in [-0.2, -0.15) is 0 Å². The van der Waals surface area contributed by atoms with Gasteiger partial charge in [0.2, 0.25) is 0 Å². The molecule has 0 spiro atoms. The van der Waals surface area contributed by atoms with Crippen molar-refractivity contribution in [2.24, 2.45) is 11.8 Å². The first-order valence-corrected chi connectivity index (χ1v) is 7.18. The van der Waals surface area contributed by atoms with Crippen LogP contribution in [0.5, 0.6) is 5.75 Å². The van der Waals surface area contributed by atoms with Gasteiger partial charge in [-0.25, -0.2) is 0 Å². The Hall–Kier alpha value is -1.71. The Kier molecular flexibility index (Phi) is 4.21. The van der Waals surface area contributed by atoms with Crippen LogP contribution >= 0.6 is 0 Å². The summed E-state index contributed by atoms with van der Waals surface area (Å²) in [6.45, 7) is 7.36. The summed E-state index contributed by atoms with van der Waals surface area (Å²) in [6, 6.07) is 5.50. The zero-order chi connectivity index (χ0) is 14.9. The smallest absolute Gasteiger partial charge is 0.254 e. The number of nitrogen functional groups attached to an aromatic ring is 1. The second-order valence-electron chi connectivity index (χ2n) is 5.97. The molecule has 1 aliphatic rings. The molecule has 0 saturated carbocycles. The molecule has 1 fully saturated rings. The minimum Gasteiger partial charge on any atom is -0.495 e. The second-order valence-corrected chi connectivity index (χ2v) is 5.97. The molecule has 3 atom stereocenters. The van der Waals surface area contributed by atoms with Crippen LogP contribution in [0.15, 0.2) is 18.2 Å². The Morgan fingerprint density at radius 1 is 1.35 bits per heavy atom. The molecule has 3 unspecified atom stereocenters. The first kappa shape index (κ1) is 14.7. The number of hydrogen-bond donors (Lipinski definition) is 1. The van der Waals surface area contributed by atoms with Crippen LogP contribution in [0.3, 0.4) is 0 Å². The third-order valence-corrected chi connectivity index (χ3v) is 4.34. The molecule has 110 valence electrons. The lowest BCUT2D eigenvalue weighted by atomic mass is 9.85. The maximum absolute atomic E-state index is 12.7. The summed E-state index contributed by atoms with van der Waals surface area (Å²) in [7, 11) is 1.56. The highest BCUT2D eigenvalue weighted by molar-refractivity contribution is 5.95. The molecule has 0 aliphatic carbocycles. The van der Waals surface area contributed by atoms with Gasteiger partial charge in [0.25, 0.3) is 5.91 Å². The fourth-order valence-electron chi connectivity index (χ4n) is 2.99. The maximum atomic E-state index is 12.7. The number of nitrogens with two attached hydrogens (primary N) is 1. The van der Waals surface area contributed by atoms with Gasteiger partial charge in [-0.05, 0) is 43.4 Å². The quantitative estimate of drug-likeness (QED) is 0.845. The molecule has 1 saturated heterocycles. The molecule has 1 aromatic rings. The number of amides is 1. The number of likely N-dealkylation sites (tertiary alicyclic amines) is 1. The Morgan fingerprint density at radius 3 is 2.70 bits per heavy atom. The van der Waals surface area contributed by atoms with Gasteiger partial charge in [-0.1, -0.05) is 13.8 Å². The van der Waals surface area contributed by atoms with Gasteiger partial charge in [0.15, 0.2) is 0 Å². The van der Waals surface area contributed by atoms with Gasteiger partial charge in [-0.15, -0.1) is 0 Å². The Labute approximate surface area is 120 Å². The lowest BCUT2D eigenvalue weighted by Crippen LogP contribution is -2.48. The highest BCUT2D eigenvalue weighted by Crippen LogP contribution is 2.29. The fraction of sp³-hybridized carbons (Fsp3) is 0.562. The normalized spacial score (nSPS) is 26.4. The Balaban J connectivity index is 2.26. The zero-order valence-electron chi connectivity index (χ0n) is 12.7. The number of piperidine rings is 1. The molecule has 1 aromatic carbocycles. The number of carbonyl (C=O) groups is 1. The molecule has 1 heterocycles. The van der Waals surface area contributed by atoms with Crippen LogP contribution in [0.2, 0.25) is 0 Å². The van der Waals surface area contributed by atoms with Gasteiger partial charge in [-0.3, -0.25) is 4.79 Å². The molecule has 0 radical (unpaired) electrons. The highest BCUT2D eigenvalue weighted by Gasteiger charge is 2.32. The van der Waals surface area contributed by atoms with Gasteiger partial charge in [0.05, 0.1) is 12.8 Å². The molecule has 1 aliphatic heterocycles. The van der Waals surface area contributed by atoms with Crippen LogP contribution in [0.1, 0.15) is 37.6 Å². The van der Waals surface area contributed by atoms with Gasteiger partial charge in [0, 0.05) is 18.2 Å². The number of anilines is 1. The van der Waals surface area contributed by atoms with E-state index in [4.69, 9.17) is 10.5 Å². The number of rotatable bonds is 2. The van der Waals surface area contributed by atoms with Crippen molar-refractivity contribution in [3.05, 3.63) is 23.8 Å². The number of ether oxygens (including phenoxy) is 1. The van der Waals surface area contributed by atoms with E-state index in [0.717, 1.165) is 6.54 Å². The summed E-state index contributed by atoms with van der Waals surface area (Å²) >= 11 is 0. The van der Waals surface area contributed by atoms with E-state index in [1.165, 1.54) is 6.42 Å². The van der Waals surface area contributed by atoms with Crippen molar-refractivity contribution in [1.82, 2.24) is 4.90 Å². The van der Waals surface area contributed by atoms with Crippen molar-refractivity contribution in [3.63, 3.8) is 0 Å². The third-order valence-electron chi connectivity index (χ3n) is 4.34. The second kappa shape index (κ2) is 5.73. The van der Waals surface area contributed by atoms with E-state index < -0.39 is 0 Å². The van der Waals surface area contributed by atoms with Crippen LogP contribution < -0.4 is 10.5 Å². The van der Waals surface area contributed by atoms with Crippen LogP contribution in [0.4, 0.5) is 5.69 Å². The van der Waals surface area contributed by atoms with Gasteiger partial charge in [0.1, 0.15) is 5.75 Å². The number of benzene rings is 1. The molecule has 2 rings (SSSR count). The average Bonchev–Trinajstić information content (AvgIpc) is 2.42. The van der Waals surface area contributed by atoms with E-state index in [1.807, 2.05) is 4.90 Å². The molecule has 0 aromatic heterocycles. The first-order chi connectivity index (χ1) is 9.43. The molecule has 1 amide bonds. The number of carbonyl (C=O) groups excluding carboxylic acids is 1. The summed E-state index contributed by atoms with van der Waals surface area (Å²) in [5.41, 5.74) is 7.00. The third kappa shape index (κ3) is 2.74. The van der Waals surface area contributed by atoms with E-state index in [1.54, 1.807) is 25.3 Å². The standard InChI is InChI=1S/C16H24N2O2/c1-10-7-11(2)12(3)18(9-10)16(19)13-5-6-14(17)15(8-13)20-4/h5-6,8,10-12H,7,9,17H2,1-4H3. The largest absolute Gasteiger partial charge is 0.495 e. The highest BCUT2D eigenvalue weighted by atomic mass is 16.5. The Morgan fingerprint density at radius 2 is 2.05 bits per heavy atom. The summed E-state index contributed by atoms with van der Waals surface area (Å²) in [5, 5.41) is 0. The molecular formula is C16H24N2O2. The summed E-state index contributed by atoms with van der Waals surface area (Å²) in [5.74, 6) is 1.69. The topological polar surface area (TPSA) is 55.6 Å². The molecular weight excluding hydrogens is 252 g/mol. The number of methoxy groups -OCH3 is 1. The lowest BCUT2D eigenvalue weighted by molar-refractivity contribution is 0.0455. The molecule has 4 heteroatoms. The summed E-state index contributed by atoms with van der Waals surface area (Å²) in [6.07, 6.45) is 1.18. The number of hydrogen-bond acceptors (Lipinski definition) is 3. The van der Waals surface area contributed by atoms with Crippen molar-refractivity contribution < 1.29 is 9.53 Å². The average molecular weight is 276 g/mol. The molecule has 4 nitrogen and oxygen atoms in total. The van der Waals surface area contributed by atoms with E-state index in [2.05, 4.69) is 20.8 Å². The van der Waals surface area contributed by atoms with E-state index in [-0.39, 0.29) is 11.9 Å². The fourth-order valence-corrected chi connectivity index (χ4v) is 2.99. The van der Waals surface area contributed by atoms with Crippen molar-refractivity contribution in [2.45, 2.75) is 33.2 Å². The lowest BCUT2D eigenvalue weighted by Gasteiger charge is -2.41. The van der Waals surface area contributed by atoms with Crippen molar-refractivity contribution >= 4 is 11.6 Å². The van der Waals surface area contributed by atoms with Crippen molar-refractivity contribution in [1.29, 1.82) is 0 Å².